The molecule has 0 fully saturated rings. The maximum Gasteiger partial charge on any atom is 0.246 e. The van der Waals surface area contributed by atoms with Crippen molar-refractivity contribution in [3.8, 4) is 0 Å². The summed E-state index contributed by atoms with van der Waals surface area (Å²) in [5, 5.41) is 4.17. The lowest BCUT2D eigenvalue weighted by Crippen LogP contribution is -2.18. The van der Waals surface area contributed by atoms with Crippen LogP contribution in [0, 0.1) is 6.92 Å². The highest BCUT2D eigenvalue weighted by Gasteiger charge is 2.01. The Kier molecular flexibility index (Phi) is 3.06. The van der Waals surface area contributed by atoms with E-state index in [1.165, 1.54) is 4.90 Å². The molecule has 1 aromatic heterocycles. The van der Waals surface area contributed by atoms with Gasteiger partial charge in [0.15, 0.2) is 0 Å². The molecule has 0 aromatic carbocycles. The van der Waals surface area contributed by atoms with E-state index in [1.807, 2.05) is 20.2 Å². The van der Waals surface area contributed by atoms with Crippen LogP contribution in [-0.4, -0.2) is 34.7 Å². The van der Waals surface area contributed by atoms with E-state index in [9.17, 15) is 4.79 Å². The van der Waals surface area contributed by atoms with Crippen molar-refractivity contribution >= 4 is 12.0 Å². The van der Waals surface area contributed by atoms with Gasteiger partial charge in [-0.1, -0.05) is 0 Å². The molecule has 1 rings (SSSR count). The van der Waals surface area contributed by atoms with Crippen molar-refractivity contribution in [2.24, 2.45) is 7.05 Å². The van der Waals surface area contributed by atoms with Crippen molar-refractivity contribution in [2.75, 3.05) is 14.1 Å². The Hall–Kier alpha value is -1.58. The van der Waals surface area contributed by atoms with E-state index in [1.54, 1.807) is 30.9 Å². The summed E-state index contributed by atoms with van der Waals surface area (Å²) in [6, 6.07) is 0. The number of aromatic nitrogens is 2. The molecule has 0 unspecified atom stereocenters. The summed E-state index contributed by atoms with van der Waals surface area (Å²) >= 11 is 0. The van der Waals surface area contributed by atoms with E-state index in [4.69, 9.17) is 0 Å². The number of carbonyl (C=O) groups is 1. The topological polar surface area (TPSA) is 38.1 Å². The van der Waals surface area contributed by atoms with Gasteiger partial charge in [0, 0.05) is 39.0 Å². The zero-order valence-corrected chi connectivity index (χ0v) is 8.98. The molecule has 14 heavy (non-hydrogen) atoms. The van der Waals surface area contributed by atoms with Crippen LogP contribution in [0.25, 0.3) is 6.08 Å². The van der Waals surface area contributed by atoms with Crippen molar-refractivity contribution in [2.45, 2.75) is 6.92 Å². The first-order valence-corrected chi connectivity index (χ1v) is 4.40. The molecule has 0 aliphatic rings. The van der Waals surface area contributed by atoms with Gasteiger partial charge in [-0.3, -0.25) is 9.48 Å². The molecule has 0 saturated heterocycles. The minimum atomic E-state index is -0.0201. The zero-order valence-electron chi connectivity index (χ0n) is 8.98. The molecule has 76 valence electrons. The second-order valence-electron chi connectivity index (χ2n) is 3.41. The number of rotatable bonds is 2. The molecule has 1 amide bonds. The highest BCUT2D eigenvalue weighted by atomic mass is 16.2. The number of aryl methyl sites for hydroxylation is 2. The Labute approximate surface area is 83.8 Å². The van der Waals surface area contributed by atoms with Crippen LogP contribution < -0.4 is 0 Å². The molecule has 1 heterocycles. The Balaban J connectivity index is 2.78. The summed E-state index contributed by atoms with van der Waals surface area (Å²) in [6.07, 6.45) is 5.21. The number of carbonyl (C=O) groups excluding carboxylic acids is 1. The third kappa shape index (κ3) is 2.45. The minimum absolute atomic E-state index is 0.0201. The summed E-state index contributed by atoms with van der Waals surface area (Å²) in [7, 11) is 5.31. The van der Waals surface area contributed by atoms with Crippen LogP contribution in [0.4, 0.5) is 0 Å². The van der Waals surface area contributed by atoms with Crippen LogP contribution in [0.1, 0.15) is 11.3 Å². The number of hydrogen-bond acceptors (Lipinski definition) is 2. The Morgan fingerprint density at radius 1 is 1.57 bits per heavy atom. The monoisotopic (exact) mass is 193 g/mol. The van der Waals surface area contributed by atoms with Crippen LogP contribution in [0.2, 0.25) is 0 Å². The summed E-state index contributed by atoms with van der Waals surface area (Å²) < 4.78 is 1.73. The second kappa shape index (κ2) is 4.09. The van der Waals surface area contributed by atoms with Crippen molar-refractivity contribution in [3.63, 3.8) is 0 Å². The molecule has 4 heteroatoms. The largest absolute Gasteiger partial charge is 0.345 e. The highest BCUT2D eigenvalue weighted by Crippen LogP contribution is 2.06. The maximum absolute atomic E-state index is 11.2. The van der Waals surface area contributed by atoms with Gasteiger partial charge in [0.25, 0.3) is 0 Å². The average molecular weight is 193 g/mol. The number of hydrogen-bond donors (Lipinski definition) is 0. The Morgan fingerprint density at radius 3 is 2.64 bits per heavy atom. The average Bonchev–Trinajstić information content (AvgIpc) is 2.40. The second-order valence-corrected chi connectivity index (χ2v) is 3.41. The SMILES string of the molecule is Cc1nn(C)cc1/C=C/C(=O)N(C)C. The molecular weight excluding hydrogens is 178 g/mol. The van der Waals surface area contributed by atoms with Crippen molar-refractivity contribution in [3.05, 3.63) is 23.5 Å². The third-order valence-corrected chi connectivity index (χ3v) is 1.90. The number of nitrogens with zero attached hydrogens (tertiary/aromatic N) is 3. The van der Waals surface area contributed by atoms with Crippen molar-refractivity contribution in [1.82, 2.24) is 14.7 Å². The molecule has 0 spiro atoms. The molecule has 0 N–H and O–H groups in total. The van der Waals surface area contributed by atoms with Gasteiger partial charge in [-0.05, 0) is 13.0 Å². The number of amides is 1. The minimum Gasteiger partial charge on any atom is -0.345 e. The summed E-state index contributed by atoms with van der Waals surface area (Å²) in [5.41, 5.74) is 1.90. The smallest absolute Gasteiger partial charge is 0.246 e. The van der Waals surface area contributed by atoms with Crippen LogP contribution in [-0.2, 0) is 11.8 Å². The third-order valence-electron chi connectivity index (χ3n) is 1.90. The lowest BCUT2D eigenvalue weighted by atomic mass is 10.2. The van der Waals surface area contributed by atoms with Gasteiger partial charge in [-0.25, -0.2) is 0 Å². The van der Waals surface area contributed by atoms with Gasteiger partial charge in [0.1, 0.15) is 0 Å². The van der Waals surface area contributed by atoms with Crippen molar-refractivity contribution < 1.29 is 4.79 Å². The summed E-state index contributed by atoms with van der Waals surface area (Å²) in [5.74, 6) is -0.0201. The molecule has 1 aromatic rings. The van der Waals surface area contributed by atoms with Crippen LogP contribution in [0.5, 0.6) is 0 Å². The fraction of sp³-hybridized carbons (Fsp3) is 0.400. The van der Waals surface area contributed by atoms with Crippen LogP contribution in [0.3, 0.4) is 0 Å². The van der Waals surface area contributed by atoms with Gasteiger partial charge >= 0.3 is 0 Å². The highest BCUT2D eigenvalue weighted by molar-refractivity contribution is 5.91. The first-order chi connectivity index (χ1) is 6.50. The lowest BCUT2D eigenvalue weighted by Gasteiger charge is -2.04. The predicted molar refractivity (Wildman–Crippen MR) is 55.7 cm³/mol. The van der Waals surface area contributed by atoms with Gasteiger partial charge in [0.2, 0.25) is 5.91 Å². The fourth-order valence-electron chi connectivity index (χ4n) is 1.09. The molecule has 0 saturated carbocycles. The van der Waals surface area contributed by atoms with Crippen molar-refractivity contribution in [1.29, 1.82) is 0 Å². The molecule has 4 nitrogen and oxygen atoms in total. The Bertz CT molecular complexity index is 363. The van der Waals surface area contributed by atoms with E-state index in [2.05, 4.69) is 5.10 Å². The Morgan fingerprint density at radius 2 is 2.21 bits per heavy atom. The molecule has 0 radical (unpaired) electrons. The van der Waals surface area contributed by atoms with E-state index in [0.29, 0.717) is 0 Å². The lowest BCUT2D eigenvalue weighted by molar-refractivity contribution is -0.123. The fourth-order valence-corrected chi connectivity index (χ4v) is 1.09. The standard InChI is InChI=1S/C10H15N3O/c1-8-9(7-13(4)11-8)5-6-10(14)12(2)3/h5-7H,1-4H3/b6-5+. The van der Waals surface area contributed by atoms with Gasteiger partial charge in [-0.15, -0.1) is 0 Å². The first kappa shape index (κ1) is 10.5. The quantitative estimate of drug-likeness (QED) is 0.652. The van der Waals surface area contributed by atoms with Gasteiger partial charge in [0.05, 0.1) is 5.69 Å². The molecule has 0 aliphatic carbocycles. The van der Waals surface area contributed by atoms with Gasteiger partial charge < -0.3 is 4.90 Å². The summed E-state index contributed by atoms with van der Waals surface area (Å²) in [6.45, 7) is 1.92. The van der Waals surface area contributed by atoms with Crippen LogP contribution in [0.15, 0.2) is 12.3 Å². The van der Waals surface area contributed by atoms with E-state index < -0.39 is 0 Å². The zero-order chi connectivity index (χ0) is 10.7. The first-order valence-electron chi connectivity index (χ1n) is 4.40. The van der Waals surface area contributed by atoms with E-state index in [0.717, 1.165) is 11.3 Å². The molecule has 0 bridgehead atoms. The van der Waals surface area contributed by atoms with E-state index >= 15 is 0 Å². The maximum atomic E-state index is 11.2. The van der Waals surface area contributed by atoms with E-state index in [-0.39, 0.29) is 5.91 Å². The van der Waals surface area contributed by atoms with Crippen LogP contribution >= 0.6 is 0 Å². The normalized spacial score (nSPS) is 10.9. The predicted octanol–water partition coefficient (Wildman–Crippen LogP) is 0.830. The van der Waals surface area contributed by atoms with Gasteiger partial charge in [-0.2, -0.15) is 5.10 Å². The molecule has 0 atom stereocenters. The summed E-state index contributed by atoms with van der Waals surface area (Å²) in [4.78, 5) is 12.8. The number of likely N-dealkylation sites (N-methyl/N-ethyl adjacent to an activating group) is 1. The molecular formula is C10H15N3O. The molecule has 0 aliphatic heterocycles.